The van der Waals surface area contributed by atoms with Crippen LogP contribution in [0.15, 0.2) is 16.4 Å². The van der Waals surface area contributed by atoms with Crippen LogP contribution in [0.5, 0.6) is 0 Å². The molecule has 90 valence electrons. The van der Waals surface area contributed by atoms with E-state index in [0.717, 1.165) is 25.2 Å². The minimum absolute atomic E-state index is 0.116. The number of nitrogens with zero attached hydrogens (tertiary/aromatic N) is 4. The fourth-order valence-corrected chi connectivity index (χ4v) is 2.76. The maximum absolute atomic E-state index is 11.7. The van der Waals surface area contributed by atoms with Gasteiger partial charge < -0.3 is 5.73 Å². The van der Waals surface area contributed by atoms with E-state index in [0.29, 0.717) is 11.5 Å². The van der Waals surface area contributed by atoms with Crippen LogP contribution in [-0.4, -0.2) is 38.6 Å². The zero-order valence-corrected chi connectivity index (χ0v) is 10.1. The second kappa shape index (κ2) is 4.17. The van der Waals surface area contributed by atoms with Crippen LogP contribution in [0.4, 0.5) is 0 Å². The molecule has 0 radical (unpaired) electrons. The van der Waals surface area contributed by atoms with Crippen molar-refractivity contribution in [1.29, 1.82) is 0 Å². The van der Waals surface area contributed by atoms with Crippen LogP contribution in [0.1, 0.15) is 12.1 Å². The zero-order valence-electron chi connectivity index (χ0n) is 9.24. The normalized spacial score (nSPS) is 21.4. The van der Waals surface area contributed by atoms with Crippen LogP contribution >= 0.6 is 11.3 Å². The van der Waals surface area contributed by atoms with Crippen molar-refractivity contribution < 1.29 is 0 Å². The molecule has 2 aromatic rings. The van der Waals surface area contributed by atoms with Crippen LogP contribution in [0.2, 0.25) is 0 Å². The highest BCUT2D eigenvalue weighted by Crippen LogP contribution is 2.11. The molecule has 2 N–H and O–H groups in total. The van der Waals surface area contributed by atoms with Gasteiger partial charge in [0.25, 0.3) is 5.56 Å². The highest BCUT2D eigenvalue weighted by Gasteiger charge is 2.19. The zero-order chi connectivity index (χ0) is 11.8. The summed E-state index contributed by atoms with van der Waals surface area (Å²) in [6.07, 6.45) is 1.02. The average Bonchev–Trinajstić information content (AvgIpc) is 2.87. The van der Waals surface area contributed by atoms with E-state index in [9.17, 15) is 4.79 Å². The Bertz CT molecular complexity index is 592. The van der Waals surface area contributed by atoms with Crippen molar-refractivity contribution >= 4 is 16.3 Å². The van der Waals surface area contributed by atoms with Gasteiger partial charge in [0.15, 0.2) is 0 Å². The second-order valence-corrected chi connectivity index (χ2v) is 5.11. The highest BCUT2D eigenvalue weighted by molar-refractivity contribution is 7.14. The van der Waals surface area contributed by atoms with Crippen LogP contribution in [-0.2, 0) is 6.54 Å². The fourth-order valence-electron chi connectivity index (χ4n) is 2.12. The van der Waals surface area contributed by atoms with Gasteiger partial charge >= 0.3 is 0 Å². The molecular weight excluding hydrogens is 238 g/mol. The SMILES string of the molecule is N[C@@H]1CCN(Cc2cc(=O)n3ncsc3n2)C1. The second-order valence-electron chi connectivity index (χ2n) is 4.30. The number of fused-ring (bicyclic) bond motifs is 1. The van der Waals surface area contributed by atoms with Gasteiger partial charge in [0, 0.05) is 31.7 Å². The largest absolute Gasteiger partial charge is 0.326 e. The first kappa shape index (κ1) is 10.8. The third kappa shape index (κ3) is 2.08. The summed E-state index contributed by atoms with van der Waals surface area (Å²) in [7, 11) is 0. The molecule has 0 aliphatic carbocycles. The van der Waals surface area contributed by atoms with Crippen molar-refractivity contribution in [3.05, 3.63) is 27.6 Å². The van der Waals surface area contributed by atoms with E-state index in [1.54, 1.807) is 11.6 Å². The Morgan fingerprint density at radius 1 is 1.59 bits per heavy atom. The lowest BCUT2D eigenvalue weighted by atomic mass is 10.3. The summed E-state index contributed by atoms with van der Waals surface area (Å²) < 4.78 is 1.32. The van der Waals surface area contributed by atoms with Gasteiger partial charge in [0.2, 0.25) is 4.96 Å². The number of hydrogen-bond donors (Lipinski definition) is 1. The van der Waals surface area contributed by atoms with E-state index in [4.69, 9.17) is 5.73 Å². The minimum Gasteiger partial charge on any atom is -0.326 e. The molecule has 1 fully saturated rings. The van der Waals surface area contributed by atoms with E-state index in [1.807, 2.05) is 0 Å². The molecule has 1 atom stereocenters. The van der Waals surface area contributed by atoms with Crippen LogP contribution in [0.3, 0.4) is 0 Å². The Hall–Kier alpha value is -1.31. The number of hydrogen-bond acceptors (Lipinski definition) is 6. The van der Waals surface area contributed by atoms with Crippen LogP contribution < -0.4 is 11.3 Å². The fraction of sp³-hybridized carbons (Fsp3) is 0.500. The first-order chi connectivity index (χ1) is 8.22. The quantitative estimate of drug-likeness (QED) is 0.792. The Labute approximate surface area is 102 Å². The van der Waals surface area contributed by atoms with Gasteiger partial charge in [-0.25, -0.2) is 4.98 Å². The van der Waals surface area contributed by atoms with Crippen molar-refractivity contribution in [2.75, 3.05) is 13.1 Å². The molecule has 3 rings (SSSR count). The standard InChI is InChI=1S/C10H13N5OS/c11-7-1-2-14(4-7)5-8-3-9(16)15-10(13-8)17-6-12-15/h3,6-7H,1-2,4-5,11H2/t7-/m1/s1. The predicted octanol–water partition coefficient (Wildman–Crippen LogP) is -0.316. The number of likely N-dealkylation sites (tertiary alicyclic amines) is 1. The summed E-state index contributed by atoms with van der Waals surface area (Å²) in [6.45, 7) is 2.55. The number of aromatic nitrogens is 3. The summed E-state index contributed by atoms with van der Waals surface area (Å²) in [5.74, 6) is 0. The summed E-state index contributed by atoms with van der Waals surface area (Å²) in [4.78, 5) is 19.0. The van der Waals surface area contributed by atoms with Crippen molar-refractivity contribution in [2.24, 2.45) is 5.73 Å². The lowest BCUT2D eigenvalue weighted by molar-refractivity contribution is 0.323. The van der Waals surface area contributed by atoms with Crippen molar-refractivity contribution in [1.82, 2.24) is 19.5 Å². The van der Waals surface area contributed by atoms with Gasteiger partial charge in [-0.15, -0.1) is 0 Å². The van der Waals surface area contributed by atoms with Gasteiger partial charge in [-0.2, -0.15) is 9.61 Å². The first-order valence-corrected chi connectivity index (χ1v) is 6.41. The summed E-state index contributed by atoms with van der Waals surface area (Å²) >= 11 is 1.37. The molecule has 0 unspecified atom stereocenters. The van der Waals surface area contributed by atoms with Crippen molar-refractivity contribution in [3.63, 3.8) is 0 Å². The molecule has 3 heterocycles. The van der Waals surface area contributed by atoms with Gasteiger partial charge in [-0.3, -0.25) is 9.69 Å². The molecule has 0 aromatic carbocycles. The first-order valence-electron chi connectivity index (χ1n) is 5.53. The number of nitrogens with two attached hydrogens (primary N) is 1. The summed E-state index contributed by atoms with van der Waals surface area (Å²) in [6, 6.07) is 1.81. The van der Waals surface area contributed by atoms with E-state index < -0.39 is 0 Å². The van der Waals surface area contributed by atoms with Crippen LogP contribution in [0, 0.1) is 0 Å². The van der Waals surface area contributed by atoms with E-state index in [2.05, 4.69) is 15.0 Å². The lowest BCUT2D eigenvalue weighted by Crippen LogP contribution is -2.27. The molecule has 0 saturated carbocycles. The molecule has 0 amide bonds. The van der Waals surface area contributed by atoms with E-state index in [1.165, 1.54) is 15.9 Å². The smallest absolute Gasteiger partial charge is 0.275 e. The monoisotopic (exact) mass is 251 g/mol. The molecule has 1 aliphatic heterocycles. The van der Waals surface area contributed by atoms with E-state index >= 15 is 0 Å². The Balaban J connectivity index is 1.88. The van der Waals surface area contributed by atoms with Gasteiger partial charge in [0.05, 0.1) is 5.69 Å². The van der Waals surface area contributed by atoms with Gasteiger partial charge in [-0.05, 0) is 6.42 Å². The molecular formula is C10H13N5OS. The van der Waals surface area contributed by atoms with Crippen LogP contribution in [0.25, 0.3) is 4.96 Å². The molecule has 7 heteroatoms. The average molecular weight is 251 g/mol. The Kier molecular flexibility index (Phi) is 2.65. The molecule has 0 spiro atoms. The molecule has 1 aliphatic rings. The minimum atomic E-state index is -0.116. The molecule has 0 bridgehead atoms. The molecule has 2 aromatic heterocycles. The topological polar surface area (TPSA) is 76.5 Å². The van der Waals surface area contributed by atoms with Crippen molar-refractivity contribution in [3.8, 4) is 0 Å². The predicted molar refractivity (Wildman–Crippen MR) is 65.0 cm³/mol. The maximum atomic E-state index is 11.7. The van der Waals surface area contributed by atoms with Crippen molar-refractivity contribution in [2.45, 2.75) is 19.0 Å². The Morgan fingerprint density at radius 3 is 3.24 bits per heavy atom. The third-order valence-corrected chi connectivity index (χ3v) is 3.61. The maximum Gasteiger partial charge on any atom is 0.275 e. The molecule has 17 heavy (non-hydrogen) atoms. The van der Waals surface area contributed by atoms with E-state index in [-0.39, 0.29) is 11.6 Å². The highest BCUT2D eigenvalue weighted by atomic mass is 32.1. The van der Waals surface area contributed by atoms with Gasteiger partial charge in [-0.1, -0.05) is 11.3 Å². The number of rotatable bonds is 2. The summed E-state index contributed by atoms with van der Waals surface area (Å²) in [5, 5.41) is 3.93. The third-order valence-electron chi connectivity index (χ3n) is 2.93. The van der Waals surface area contributed by atoms with Gasteiger partial charge in [0.1, 0.15) is 5.51 Å². The lowest BCUT2D eigenvalue weighted by Gasteiger charge is -2.13. The Morgan fingerprint density at radius 2 is 2.47 bits per heavy atom. The molecule has 6 nitrogen and oxygen atoms in total. The molecule has 1 saturated heterocycles. The summed E-state index contributed by atoms with van der Waals surface area (Å²) in [5.41, 5.74) is 8.15.